The first-order chi connectivity index (χ1) is 10.7. The maximum atomic E-state index is 13.5. The van der Waals surface area contributed by atoms with E-state index >= 15 is 0 Å². The highest BCUT2D eigenvalue weighted by Gasteiger charge is 2.66. The molecule has 1 aliphatic carbocycles. The van der Waals surface area contributed by atoms with E-state index in [0.717, 1.165) is 6.07 Å². The highest BCUT2D eigenvalue weighted by molar-refractivity contribution is 6.34. The molecule has 23 heavy (non-hydrogen) atoms. The highest BCUT2D eigenvalue weighted by Crippen LogP contribution is 2.51. The molecule has 1 amide bonds. The third-order valence-corrected chi connectivity index (χ3v) is 5.04. The van der Waals surface area contributed by atoms with Gasteiger partial charge < -0.3 is 15.2 Å². The number of halogens is 2. The zero-order chi connectivity index (χ0) is 17.4. The summed E-state index contributed by atoms with van der Waals surface area (Å²) >= 11 is 5.80. The number of carboxylic acids is 1. The second-order valence-electron chi connectivity index (χ2n) is 6.14. The summed E-state index contributed by atoms with van der Waals surface area (Å²) in [5, 5.41) is 11.8. The number of hydrogen-bond donors (Lipinski definition) is 2. The van der Waals surface area contributed by atoms with Crippen LogP contribution in [-0.2, 0) is 9.53 Å². The van der Waals surface area contributed by atoms with Gasteiger partial charge in [-0.25, -0.2) is 9.18 Å². The second-order valence-corrected chi connectivity index (χ2v) is 6.51. The van der Waals surface area contributed by atoms with E-state index in [1.807, 2.05) is 6.92 Å². The van der Waals surface area contributed by atoms with Gasteiger partial charge >= 0.3 is 5.97 Å². The smallest absolute Gasteiger partial charge is 0.330 e. The van der Waals surface area contributed by atoms with Crippen molar-refractivity contribution in [3.05, 3.63) is 34.6 Å². The van der Waals surface area contributed by atoms with Gasteiger partial charge in [0.25, 0.3) is 5.91 Å². The third-order valence-electron chi connectivity index (χ3n) is 4.65. The van der Waals surface area contributed by atoms with E-state index in [4.69, 9.17) is 16.3 Å². The van der Waals surface area contributed by atoms with E-state index in [-0.39, 0.29) is 23.1 Å². The van der Waals surface area contributed by atoms with Gasteiger partial charge in [-0.2, -0.15) is 0 Å². The Labute approximate surface area is 138 Å². The number of carbonyl (C=O) groups is 2. The van der Waals surface area contributed by atoms with Gasteiger partial charge in [0.15, 0.2) is 0 Å². The van der Waals surface area contributed by atoms with Gasteiger partial charge in [-0.05, 0) is 19.1 Å². The summed E-state index contributed by atoms with van der Waals surface area (Å²) in [4.78, 5) is 24.2. The first-order valence-corrected chi connectivity index (χ1v) is 7.66. The Bertz CT molecular complexity index is 649. The Morgan fingerprint density at radius 1 is 1.48 bits per heavy atom. The van der Waals surface area contributed by atoms with Crippen molar-refractivity contribution in [3.63, 3.8) is 0 Å². The number of rotatable bonds is 5. The molecule has 0 saturated heterocycles. The molecule has 1 aliphatic rings. The number of nitrogens with one attached hydrogen (secondary N) is 1. The number of carboxylic acid groups (broad SMARTS) is 1. The molecular weight excluding hydrogens is 325 g/mol. The first-order valence-electron chi connectivity index (χ1n) is 7.29. The quantitative estimate of drug-likeness (QED) is 0.862. The SMILES string of the molecule is CCOC1CC(NC(=O)c2cccc(F)c2Cl)(C(=O)O)C1(C)C. The van der Waals surface area contributed by atoms with Crippen LogP contribution in [0.1, 0.15) is 37.6 Å². The van der Waals surface area contributed by atoms with E-state index in [9.17, 15) is 19.1 Å². The van der Waals surface area contributed by atoms with Crippen molar-refractivity contribution in [2.75, 3.05) is 6.61 Å². The normalized spacial score (nSPS) is 25.5. The minimum Gasteiger partial charge on any atom is -0.479 e. The minimum absolute atomic E-state index is 0.0945. The number of hydrogen-bond acceptors (Lipinski definition) is 3. The lowest BCUT2D eigenvalue weighted by atomic mass is 9.54. The number of ether oxygens (including phenoxy) is 1. The molecule has 126 valence electrons. The Kier molecular flexibility index (Phi) is 4.69. The van der Waals surface area contributed by atoms with E-state index in [1.165, 1.54) is 12.1 Å². The largest absolute Gasteiger partial charge is 0.479 e. The fourth-order valence-corrected chi connectivity index (χ4v) is 3.19. The first kappa shape index (κ1) is 17.7. The van der Waals surface area contributed by atoms with E-state index < -0.39 is 28.6 Å². The molecule has 1 fully saturated rings. The average molecular weight is 344 g/mol. The van der Waals surface area contributed by atoms with Gasteiger partial charge in [0.2, 0.25) is 0 Å². The lowest BCUT2D eigenvalue weighted by Crippen LogP contribution is -2.76. The molecule has 0 spiro atoms. The molecule has 2 unspecified atom stereocenters. The van der Waals surface area contributed by atoms with Gasteiger partial charge in [-0.15, -0.1) is 0 Å². The van der Waals surface area contributed by atoms with Gasteiger partial charge in [-0.1, -0.05) is 31.5 Å². The molecule has 0 aromatic heterocycles. The number of benzene rings is 1. The van der Waals surface area contributed by atoms with Crippen molar-refractivity contribution in [3.8, 4) is 0 Å². The molecular formula is C16H19ClFNO4. The lowest BCUT2D eigenvalue weighted by Gasteiger charge is -2.58. The third kappa shape index (κ3) is 2.70. The lowest BCUT2D eigenvalue weighted by molar-refractivity contribution is -0.190. The predicted octanol–water partition coefficient (Wildman–Crippen LogP) is 2.87. The fourth-order valence-electron chi connectivity index (χ4n) is 2.98. The van der Waals surface area contributed by atoms with Crippen molar-refractivity contribution in [1.29, 1.82) is 0 Å². The van der Waals surface area contributed by atoms with Crippen LogP contribution >= 0.6 is 11.6 Å². The van der Waals surface area contributed by atoms with E-state index in [0.29, 0.717) is 6.61 Å². The molecule has 2 atom stereocenters. The maximum Gasteiger partial charge on any atom is 0.330 e. The standard InChI is InChI=1S/C16H19ClFNO4/c1-4-23-11-8-16(14(21)22,15(11,2)3)19-13(20)9-6-5-7-10(18)12(9)17/h5-7,11H,4,8H2,1-3H3,(H,19,20)(H,21,22). The van der Waals surface area contributed by atoms with E-state index in [1.54, 1.807) is 13.8 Å². The molecule has 0 bridgehead atoms. The molecule has 0 heterocycles. The Hall–Kier alpha value is -1.66. The predicted molar refractivity (Wildman–Crippen MR) is 83.1 cm³/mol. The number of amides is 1. The van der Waals surface area contributed by atoms with E-state index in [2.05, 4.69) is 5.32 Å². The van der Waals surface area contributed by atoms with Crippen LogP contribution in [0.25, 0.3) is 0 Å². The second kappa shape index (κ2) is 6.09. The van der Waals surface area contributed by atoms with Crippen LogP contribution < -0.4 is 5.32 Å². The molecule has 7 heteroatoms. The van der Waals surface area contributed by atoms with Crippen LogP contribution in [0.2, 0.25) is 5.02 Å². The van der Waals surface area contributed by atoms with Crippen LogP contribution in [0.5, 0.6) is 0 Å². The van der Waals surface area contributed by atoms with Crippen LogP contribution in [-0.4, -0.2) is 35.2 Å². The Balaban J connectivity index is 2.30. The van der Waals surface area contributed by atoms with Crippen molar-refractivity contribution >= 4 is 23.5 Å². The summed E-state index contributed by atoms with van der Waals surface area (Å²) in [6.07, 6.45) is -0.145. The summed E-state index contributed by atoms with van der Waals surface area (Å²) in [7, 11) is 0. The highest BCUT2D eigenvalue weighted by atomic mass is 35.5. The molecule has 1 saturated carbocycles. The van der Waals surface area contributed by atoms with Crippen LogP contribution in [0.4, 0.5) is 4.39 Å². The zero-order valence-electron chi connectivity index (χ0n) is 13.2. The van der Waals surface area contributed by atoms with Crippen molar-refractivity contribution < 1.29 is 23.8 Å². The summed E-state index contributed by atoms with van der Waals surface area (Å²) in [5.74, 6) is -2.61. The van der Waals surface area contributed by atoms with Crippen LogP contribution in [0.15, 0.2) is 18.2 Å². The van der Waals surface area contributed by atoms with Gasteiger partial charge in [0, 0.05) is 18.4 Å². The number of carbonyl (C=O) groups excluding carboxylic acids is 1. The summed E-state index contributed by atoms with van der Waals surface area (Å²) in [6.45, 7) is 5.71. The molecule has 1 aromatic carbocycles. The summed E-state index contributed by atoms with van der Waals surface area (Å²) < 4.78 is 19.0. The van der Waals surface area contributed by atoms with Gasteiger partial charge in [-0.3, -0.25) is 4.79 Å². The average Bonchev–Trinajstić information content (AvgIpc) is 2.48. The van der Waals surface area contributed by atoms with Crippen LogP contribution in [0.3, 0.4) is 0 Å². The van der Waals surface area contributed by atoms with Crippen molar-refractivity contribution in [1.82, 2.24) is 5.32 Å². The number of aliphatic carboxylic acids is 1. The zero-order valence-corrected chi connectivity index (χ0v) is 13.9. The Morgan fingerprint density at radius 3 is 2.65 bits per heavy atom. The van der Waals surface area contributed by atoms with Gasteiger partial charge in [0.05, 0.1) is 16.7 Å². The molecule has 0 radical (unpaired) electrons. The summed E-state index contributed by atoms with van der Waals surface area (Å²) in [6, 6.07) is 3.82. The molecule has 1 aromatic rings. The van der Waals surface area contributed by atoms with Crippen molar-refractivity contribution in [2.24, 2.45) is 5.41 Å². The summed E-state index contributed by atoms with van der Waals surface area (Å²) in [5.41, 5.74) is -2.40. The monoisotopic (exact) mass is 343 g/mol. The molecule has 0 aliphatic heterocycles. The minimum atomic E-state index is -1.49. The maximum absolute atomic E-state index is 13.5. The molecule has 2 rings (SSSR count). The fraction of sp³-hybridized carbons (Fsp3) is 0.500. The molecule has 5 nitrogen and oxygen atoms in total. The molecule has 2 N–H and O–H groups in total. The Morgan fingerprint density at radius 2 is 2.13 bits per heavy atom. The van der Waals surface area contributed by atoms with Crippen LogP contribution in [0, 0.1) is 11.2 Å². The van der Waals surface area contributed by atoms with Crippen molar-refractivity contribution in [2.45, 2.75) is 38.8 Å². The topological polar surface area (TPSA) is 75.6 Å². The van der Waals surface area contributed by atoms with Gasteiger partial charge in [0.1, 0.15) is 11.4 Å².